The first-order valence-electron chi connectivity index (χ1n) is 8.00. The maximum atomic E-state index is 14.2. The van der Waals surface area contributed by atoms with E-state index in [1.165, 1.54) is 29.1 Å². The van der Waals surface area contributed by atoms with Crippen LogP contribution in [0.15, 0.2) is 36.7 Å². The summed E-state index contributed by atoms with van der Waals surface area (Å²) in [4.78, 5) is 12.6. The molecule has 0 aliphatic carbocycles. The zero-order valence-electron chi connectivity index (χ0n) is 14.7. The van der Waals surface area contributed by atoms with Crippen LogP contribution in [0, 0.1) is 25.5 Å². The van der Waals surface area contributed by atoms with Crippen molar-refractivity contribution in [3.63, 3.8) is 0 Å². The Morgan fingerprint density at radius 3 is 2.61 bits per heavy atom. The van der Waals surface area contributed by atoms with Crippen LogP contribution in [-0.4, -0.2) is 24.7 Å². The van der Waals surface area contributed by atoms with E-state index in [1.807, 2.05) is 6.92 Å². The zero-order chi connectivity index (χ0) is 19.1. The highest BCUT2D eigenvalue weighted by atomic mass is 35.5. The Kier molecular flexibility index (Phi) is 5.44. The molecule has 0 atom stereocenters. The number of hydrogen-bond acceptors (Lipinski definition) is 5. The van der Waals surface area contributed by atoms with Crippen molar-refractivity contribution < 1.29 is 8.78 Å². The van der Waals surface area contributed by atoms with E-state index in [-0.39, 0.29) is 28.6 Å². The van der Waals surface area contributed by atoms with Crippen molar-refractivity contribution in [1.82, 2.24) is 24.7 Å². The van der Waals surface area contributed by atoms with Crippen molar-refractivity contribution in [3.05, 3.63) is 64.8 Å². The Balaban J connectivity index is 0.00000225. The molecular weight excluding hydrogens is 409 g/mol. The van der Waals surface area contributed by atoms with Crippen molar-refractivity contribution in [2.75, 3.05) is 5.32 Å². The van der Waals surface area contributed by atoms with Gasteiger partial charge < -0.3 is 5.32 Å². The van der Waals surface area contributed by atoms with Crippen LogP contribution in [0.4, 0.5) is 20.4 Å². The van der Waals surface area contributed by atoms with Crippen LogP contribution in [0.3, 0.4) is 0 Å². The van der Waals surface area contributed by atoms with Crippen LogP contribution in [0.25, 0.3) is 16.6 Å². The lowest BCUT2D eigenvalue weighted by Gasteiger charge is -2.07. The maximum Gasteiger partial charge on any atom is 0.169 e. The highest BCUT2D eigenvalue weighted by molar-refractivity contribution is 6.32. The molecule has 0 bridgehead atoms. The summed E-state index contributed by atoms with van der Waals surface area (Å²) in [7, 11) is 0. The van der Waals surface area contributed by atoms with Crippen molar-refractivity contribution in [2.45, 2.75) is 13.8 Å². The predicted octanol–water partition coefficient (Wildman–Crippen LogP) is 4.92. The molecule has 3 aromatic heterocycles. The highest BCUT2D eigenvalue weighted by Gasteiger charge is 2.17. The van der Waals surface area contributed by atoms with Crippen molar-refractivity contribution in [3.8, 4) is 5.69 Å². The van der Waals surface area contributed by atoms with E-state index in [4.69, 9.17) is 11.6 Å². The number of aromatic nitrogens is 5. The van der Waals surface area contributed by atoms with Crippen LogP contribution in [0.1, 0.15) is 11.5 Å². The van der Waals surface area contributed by atoms with Crippen LogP contribution >= 0.6 is 24.0 Å². The molecule has 0 spiro atoms. The smallest absolute Gasteiger partial charge is 0.169 e. The fourth-order valence-electron chi connectivity index (χ4n) is 2.80. The lowest BCUT2D eigenvalue weighted by Crippen LogP contribution is -2.00. The van der Waals surface area contributed by atoms with Gasteiger partial charge in [-0.05, 0) is 26.0 Å². The van der Waals surface area contributed by atoms with E-state index in [9.17, 15) is 8.78 Å². The van der Waals surface area contributed by atoms with Crippen molar-refractivity contribution in [1.29, 1.82) is 0 Å². The third-order valence-corrected chi connectivity index (χ3v) is 4.19. The Labute approximate surface area is 170 Å². The van der Waals surface area contributed by atoms with Crippen molar-refractivity contribution in [2.24, 2.45) is 0 Å². The number of aryl methyl sites for hydroxylation is 2. The first kappa shape index (κ1) is 19.9. The summed E-state index contributed by atoms with van der Waals surface area (Å²) in [6.07, 6.45) is 2.52. The molecule has 10 heteroatoms. The molecule has 4 aromatic rings. The molecule has 4 rings (SSSR count). The Morgan fingerprint density at radius 1 is 1.11 bits per heavy atom. The van der Waals surface area contributed by atoms with E-state index in [0.717, 1.165) is 11.9 Å². The lowest BCUT2D eigenvalue weighted by atomic mass is 10.3. The second kappa shape index (κ2) is 7.65. The van der Waals surface area contributed by atoms with Crippen LogP contribution in [0.2, 0.25) is 5.02 Å². The molecule has 0 radical (unpaired) electrons. The monoisotopic (exact) mass is 422 g/mol. The quantitative estimate of drug-likeness (QED) is 0.507. The molecule has 0 unspecified atom stereocenters. The lowest BCUT2D eigenvalue weighted by molar-refractivity contribution is 0.608. The molecule has 0 saturated heterocycles. The predicted molar refractivity (Wildman–Crippen MR) is 106 cm³/mol. The number of anilines is 2. The minimum Gasteiger partial charge on any atom is -0.324 e. The van der Waals surface area contributed by atoms with Gasteiger partial charge in [0.15, 0.2) is 5.82 Å². The fraction of sp³-hybridized carbons (Fsp3) is 0.111. The fourth-order valence-corrected chi connectivity index (χ4v) is 3.05. The number of para-hydroxylation sites is 1. The molecule has 6 nitrogen and oxygen atoms in total. The first-order chi connectivity index (χ1) is 12.9. The Bertz CT molecular complexity index is 1140. The number of fused-ring (bicyclic) bond motifs is 1. The molecule has 0 saturated carbocycles. The molecule has 3 heterocycles. The largest absolute Gasteiger partial charge is 0.324 e. The first-order valence-corrected chi connectivity index (χ1v) is 8.38. The average molecular weight is 423 g/mol. The second-order valence-electron chi connectivity index (χ2n) is 5.93. The summed E-state index contributed by atoms with van der Waals surface area (Å²) < 4.78 is 29.7. The molecular formula is C18H14Cl2F2N6. The van der Waals surface area contributed by atoms with Gasteiger partial charge in [-0.15, -0.1) is 12.4 Å². The summed E-state index contributed by atoms with van der Waals surface area (Å²) in [6, 6.07) is 6.02. The third kappa shape index (κ3) is 3.61. The van der Waals surface area contributed by atoms with Gasteiger partial charge in [-0.1, -0.05) is 17.7 Å². The summed E-state index contributed by atoms with van der Waals surface area (Å²) in [5, 5.41) is 7.71. The normalized spacial score (nSPS) is 10.8. The summed E-state index contributed by atoms with van der Waals surface area (Å²) in [5.74, 6) is 0.237. The van der Waals surface area contributed by atoms with Gasteiger partial charge in [-0.2, -0.15) is 5.10 Å². The van der Waals surface area contributed by atoms with E-state index in [1.54, 1.807) is 13.0 Å². The molecule has 0 fully saturated rings. The average Bonchev–Trinajstić information content (AvgIpc) is 3.02. The van der Waals surface area contributed by atoms with E-state index < -0.39 is 11.6 Å². The third-order valence-electron chi connectivity index (χ3n) is 3.88. The number of halogens is 4. The number of nitrogens with one attached hydrogen (secondary N) is 1. The number of benzene rings is 1. The topological polar surface area (TPSA) is 68.5 Å². The molecule has 0 amide bonds. The minimum atomic E-state index is -0.628. The number of nitrogens with zero attached hydrogens (tertiary/aromatic N) is 5. The summed E-state index contributed by atoms with van der Waals surface area (Å²) in [6.45, 7) is 3.61. The van der Waals surface area contributed by atoms with Gasteiger partial charge >= 0.3 is 0 Å². The number of rotatable bonds is 3. The molecule has 0 aliphatic heterocycles. The van der Waals surface area contributed by atoms with Gasteiger partial charge in [-0.3, -0.25) is 0 Å². The molecule has 0 aliphatic rings. The van der Waals surface area contributed by atoms with Gasteiger partial charge in [-0.25, -0.2) is 28.4 Å². The SMILES string of the molecule is Cc1cc(Nc2ncc(F)c3nn(-c4c(F)cccc4Cl)cc23)nc(C)n1.Cl. The van der Waals surface area contributed by atoms with Crippen molar-refractivity contribution >= 4 is 46.5 Å². The van der Waals surface area contributed by atoms with Gasteiger partial charge in [0.25, 0.3) is 0 Å². The number of pyridine rings is 1. The van der Waals surface area contributed by atoms with E-state index in [0.29, 0.717) is 22.8 Å². The number of hydrogen-bond donors (Lipinski definition) is 1. The summed E-state index contributed by atoms with van der Waals surface area (Å²) in [5.41, 5.74) is 0.848. The molecule has 144 valence electrons. The van der Waals surface area contributed by atoms with E-state index >= 15 is 0 Å². The minimum absolute atomic E-state index is 0. The summed E-state index contributed by atoms with van der Waals surface area (Å²) >= 11 is 6.09. The second-order valence-corrected chi connectivity index (χ2v) is 6.33. The van der Waals surface area contributed by atoms with Gasteiger partial charge in [0, 0.05) is 18.0 Å². The molecule has 1 aromatic carbocycles. The van der Waals surface area contributed by atoms with Gasteiger partial charge in [0.1, 0.15) is 34.5 Å². The van der Waals surface area contributed by atoms with Gasteiger partial charge in [0.05, 0.1) is 16.6 Å². The van der Waals surface area contributed by atoms with Gasteiger partial charge in [0.2, 0.25) is 0 Å². The molecule has 1 N–H and O–H groups in total. The Morgan fingerprint density at radius 2 is 1.89 bits per heavy atom. The van der Waals surface area contributed by atoms with E-state index in [2.05, 4.69) is 25.4 Å². The molecule has 28 heavy (non-hydrogen) atoms. The Hall–Kier alpha value is -2.84. The maximum absolute atomic E-state index is 14.2. The highest BCUT2D eigenvalue weighted by Crippen LogP contribution is 2.29. The van der Waals surface area contributed by atoms with Crippen LogP contribution in [-0.2, 0) is 0 Å². The zero-order valence-corrected chi connectivity index (χ0v) is 16.3. The van der Waals surface area contributed by atoms with Crippen LogP contribution < -0.4 is 5.32 Å². The standard InChI is InChI=1S/C18H13ClF2N6.ClH/c1-9-6-15(24-10(2)23-9)25-18-11-8-27(26-16(11)14(21)7-22-18)17-12(19)4-3-5-13(17)20;/h3-8H,1-2H3,(H,22,23,24,25);1H. The van der Waals surface area contributed by atoms with Crippen LogP contribution in [0.5, 0.6) is 0 Å².